The van der Waals surface area contributed by atoms with E-state index in [-0.39, 0.29) is 12.1 Å². The van der Waals surface area contributed by atoms with E-state index in [9.17, 15) is 4.79 Å². The van der Waals surface area contributed by atoms with Crippen molar-refractivity contribution in [1.82, 2.24) is 0 Å². The number of carbonyl (C=O) groups excluding carboxylic acids is 1. The Kier molecular flexibility index (Phi) is 5.38. The van der Waals surface area contributed by atoms with Gasteiger partial charge in [-0.2, -0.15) is 0 Å². The normalized spacial score (nSPS) is 11.7. The van der Waals surface area contributed by atoms with Gasteiger partial charge in [0.25, 0.3) is 0 Å². The molecule has 0 amide bonds. The maximum atomic E-state index is 11.9. The molecule has 0 spiro atoms. The molecule has 0 radical (unpaired) electrons. The van der Waals surface area contributed by atoms with E-state index in [4.69, 9.17) is 9.47 Å². The molecule has 2 aromatic rings. The van der Waals surface area contributed by atoms with Gasteiger partial charge in [-0.15, -0.1) is 0 Å². The molecule has 3 nitrogen and oxygen atoms in total. The fraction of sp³-hybridized carbons (Fsp3) is 0.278. The maximum absolute atomic E-state index is 11.9. The Bertz CT molecular complexity index is 578. The van der Waals surface area contributed by atoms with E-state index < -0.39 is 0 Å². The van der Waals surface area contributed by atoms with Crippen molar-refractivity contribution in [3.05, 3.63) is 65.7 Å². The summed E-state index contributed by atoms with van der Waals surface area (Å²) in [6, 6.07) is 17.5. The molecular formula is C18H20O3. The second-order valence-electron chi connectivity index (χ2n) is 4.89. The molecule has 0 bridgehead atoms. The van der Waals surface area contributed by atoms with Crippen LogP contribution in [0.25, 0.3) is 0 Å². The second-order valence-corrected chi connectivity index (χ2v) is 4.89. The first-order chi connectivity index (χ1) is 10.2. The summed E-state index contributed by atoms with van der Waals surface area (Å²) < 4.78 is 10.6. The summed E-state index contributed by atoms with van der Waals surface area (Å²) in [5.74, 6) is 0.618. The molecule has 0 saturated heterocycles. The highest BCUT2D eigenvalue weighted by Gasteiger charge is 2.11. The molecule has 1 atom stereocenters. The minimum atomic E-state index is -0.219. The SMILES string of the molecule is COc1cccc(CCC(=O)OC(C)c2ccccc2)c1. The van der Waals surface area contributed by atoms with E-state index in [0.29, 0.717) is 12.8 Å². The maximum Gasteiger partial charge on any atom is 0.306 e. The van der Waals surface area contributed by atoms with Crippen molar-refractivity contribution in [2.75, 3.05) is 7.11 Å². The average molecular weight is 284 g/mol. The van der Waals surface area contributed by atoms with Gasteiger partial charge in [-0.25, -0.2) is 0 Å². The van der Waals surface area contributed by atoms with E-state index in [1.165, 1.54) is 0 Å². The van der Waals surface area contributed by atoms with Crippen molar-refractivity contribution in [3.8, 4) is 5.75 Å². The van der Waals surface area contributed by atoms with Crippen LogP contribution >= 0.6 is 0 Å². The first-order valence-electron chi connectivity index (χ1n) is 7.06. The van der Waals surface area contributed by atoms with Crippen LogP contribution in [-0.2, 0) is 16.0 Å². The van der Waals surface area contributed by atoms with Gasteiger partial charge in [0.1, 0.15) is 11.9 Å². The second kappa shape index (κ2) is 7.48. The van der Waals surface area contributed by atoms with Crippen LogP contribution in [0.5, 0.6) is 5.75 Å². The van der Waals surface area contributed by atoms with Gasteiger partial charge in [-0.3, -0.25) is 4.79 Å². The van der Waals surface area contributed by atoms with Gasteiger partial charge < -0.3 is 9.47 Å². The number of aryl methyl sites for hydroxylation is 1. The number of carbonyl (C=O) groups is 1. The van der Waals surface area contributed by atoms with Crippen LogP contribution in [0.4, 0.5) is 0 Å². The Labute approximate surface area is 125 Å². The summed E-state index contributed by atoms with van der Waals surface area (Å²) >= 11 is 0. The number of rotatable bonds is 6. The fourth-order valence-corrected chi connectivity index (χ4v) is 2.12. The molecule has 0 N–H and O–H groups in total. The third-order valence-corrected chi connectivity index (χ3v) is 3.33. The van der Waals surface area contributed by atoms with Crippen molar-refractivity contribution in [2.45, 2.75) is 25.9 Å². The van der Waals surface area contributed by atoms with E-state index >= 15 is 0 Å². The molecule has 0 heterocycles. The minimum absolute atomic E-state index is 0.186. The number of benzene rings is 2. The standard InChI is InChI=1S/C18H20O3/c1-14(16-8-4-3-5-9-16)21-18(19)12-11-15-7-6-10-17(13-15)20-2/h3-10,13-14H,11-12H2,1-2H3. The molecular weight excluding hydrogens is 264 g/mol. The van der Waals surface area contributed by atoms with E-state index in [1.807, 2.05) is 61.5 Å². The van der Waals surface area contributed by atoms with Crippen molar-refractivity contribution < 1.29 is 14.3 Å². The lowest BCUT2D eigenvalue weighted by Crippen LogP contribution is -2.09. The van der Waals surface area contributed by atoms with Gasteiger partial charge in [0, 0.05) is 6.42 Å². The van der Waals surface area contributed by atoms with Gasteiger partial charge in [0.15, 0.2) is 0 Å². The first kappa shape index (κ1) is 15.1. The van der Waals surface area contributed by atoms with Crippen LogP contribution in [0.2, 0.25) is 0 Å². The Morgan fingerprint density at radius 3 is 2.57 bits per heavy atom. The number of esters is 1. The van der Waals surface area contributed by atoms with Crippen LogP contribution in [0.1, 0.15) is 30.6 Å². The summed E-state index contributed by atoms with van der Waals surface area (Å²) in [7, 11) is 1.63. The molecule has 0 fully saturated rings. The number of ether oxygens (including phenoxy) is 2. The van der Waals surface area contributed by atoms with Gasteiger partial charge >= 0.3 is 5.97 Å². The predicted molar refractivity (Wildman–Crippen MR) is 82.3 cm³/mol. The first-order valence-corrected chi connectivity index (χ1v) is 7.06. The zero-order valence-electron chi connectivity index (χ0n) is 12.4. The number of hydrogen-bond acceptors (Lipinski definition) is 3. The predicted octanol–water partition coefficient (Wildman–Crippen LogP) is 3.93. The molecule has 21 heavy (non-hydrogen) atoms. The summed E-state index contributed by atoms with van der Waals surface area (Å²) in [5.41, 5.74) is 2.07. The van der Waals surface area contributed by atoms with E-state index in [0.717, 1.165) is 16.9 Å². The summed E-state index contributed by atoms with van der Waals surface area (Å²) in [6.07, 6.45) is 0.797. The van der Waals surface area contributed by atoms with Gasteiger partial charge in [-0.1, -0.05) is 42.5 Å². The minimum Gasteiger partial charge on any atom is -0.497 e. The highest BCUT2D eigenvalue weighted by Crippen LogP contribution is 2.18. The summed E-state index contributed by atoms with van der Waals surface area (Å²) in [6.45, 7) is 1.89. The van der Waals surface area contributed by atoms with Crippen LogP contribution in [-0.4, -0.2) is 13.1 Å². The monoisotopic (exact) mass is 284 g/mol. The number of methoxy groups -OCH3 is 1. The molecule has 1 unspecified atom stereocenters. The Morgan fingerprint density at radius 1 is 1.10 bits per heavy atom. The molecule has 110 valence electrons. The van der Waals surface area contributed by atoms with Crippen molar-refractivity contribution >= 4 is 5.97 Å². The third-order valence-electron chi connectivity index (χ3n) is 3.33. The highest BCUT2D eigenvalue weighted by molar-refractivity contribution is 5.70. The Morgan fingerprint density at radius 2 is 1.86 bits per heavy atom. The third kappa shape index (κ3) is 4.63. The zero-order valence-corrected chi connectivity index (χ0v) is 12.4. The average Bonchev–Trinajstić information content (AvgIpc) is 2.54. The molecule has 2 aromatic carbocycles. The largest absolute Gasteiger partial charge is 0.497 e. The van der Waals surface area contributed by atoms with Gasteiger partial charge in [0.05, 0.1) is 7.11 Å². The lowest BCUT2D eigenvalue weighted by Gasteiger charge is -2.13. The topological polar surface area (TPSA) is 35.5 Å². The molecule has 0 aliphatic heterocycles. The summed E-state index contributed by atoms with van der Waals surface area (Å²) in [5, 5.41) is 0. The van der Waals surface area contributed by atoms with Crippen LogP contribution < -0.4 is 4.74 Å². The summed E-state index contributed by atoms with van der Waals surface area (Å²) in [4.78, 5) is 11.9. The molecule has 0 aliphatic rings. The van der Waals surface area contributed by atoms with Crippen LogP contribution in [0, 0.1) is 0 Å². The van der Waals surface area contributed by atoms with Crippen molar-refractivity contribution in [2.24, 2.45) is 0 Å². The zero-order chi connectivity index (χ0) is 15.1. The molecule has 0 aromatic heterocycles. The van der Waals surface area contributed by atoms with Crippen molar-refractivity contribution in [3.63, 3.8) is 0 Å². The van der Waals surface area contributed by atoms with Crippen LogP contribution in [0.3, 0.4) is 0 Å². The van der Waals surface area contributed by atoms with Crippen LogP contribution in [0.15, 0.2) is 54.6 Å². The Hall–Kier alpha value is -2.29. The van der Waals surface area contributed by atoms with Gasteiger partial charge in [-0.05, 0) is 36.6 Å². The molecule has 0 aliphatic carbocycles. The highest BCUT2D eigenvalue weighted by atomic mass is 16.5. The fourth-order valence-electron chi connectivity index (χ4n) is 2.12. The molecule has 2 rings (SSSR count). The smallest absolute Gasteiger partial charge is 0.306 e. The van der Waals surface area contributed by atoms with Gasteiger partial charge in [0.2, 0.25) is 0 Å². The molecule has 3 heteroatoms. The van der Waals surface area contributed by atoms with E-state index in [2.05, 4.69) is 0 Å². The lowest BCUT2D eigenvalue weighted by molar-refractivity contribution is -0.148. The Balaban J connectivity index is 1.84. The van der Waals surface area contributed by atoms with Crippen molar-refractivity contribution in [1.29, 1.82) is 0 Å². The van der Waals surface area contributed by atoms with E-state index in [1.54, 1.807) is 7.11 Å². The molecule has 0 saturated carbocycles. The quantitative estimate of drug-likeness (QED) is 0.754. The lowest BCUT2D eigenvalue weighted by atomic mass is 10.1. The number of hydrogen-bond donors (Lipinski definition) is 0.